The van der Waals surface area contributed by atoms with E-state index in [1.54, 1.807) is 4.57 Å². The summed E-state index contributed by atoms with van der Waals surface area (Å²) in [4.78, 5) is 26.9. The Morgan fingerprint density at radius 2 is 1.78 bits per heavy atom. The van der Waals surface area contributed by atoms with Crippen molar-refractivity contribution in [1.29, 1.82) is 0 Å². The third kappa shape index (κ3) is 3.49. The van der Waals surface area contributed by atoms with Crippen LogP contribution in [0.25, 0.3) is 21.9 Å². The molecule has 27 heavy (non-hydrogen) atoms. The molecular weight excluding hydrogens is 424 g/mol. The molecule has 4 rings (SSSR count). The van der Waals surface area contributed by atoms with Crippen LogP contribution in [-0.2, 0) is 12.3 Å². The molecule has 0 N–H and O–H groups in total. The smallest absolute Gasteiger partial charge is 0.262 e. The SMILES string of the molecule is CCn1c(SCc2nc3ccccc3nc2C)nc2ccc(Br)cc2c1=O. The van der Waals surface area contributed by atoms with Gasteiger partial charge in [-0.1, -0.05) is 39.8 Å². The van der Waals surface area contributed by atoms with E-state index in [9.17, 15) is 4.79 Å². The number of nitrogens with zero attached hydrogens (tertiary/aromatic N) is 4. The molecule has 0 bridgehead atoms. The van der Waals surface area contributed by atoms with Gasteiger partial charge in [0.15, 0.2) is 5.16 Å². The normalized spacial score (nSPS) is 11.4. The van der Waals surface area contributed by atoms with Crippen molar-refractivity contribution in [3.63, 3.8) is 0 Å². The zero-order valence-corrected chi connectivity index (χ0v) is 17.3. The molecule has 7 heteroatoms. The fourth-order valence-corrected chi connectivity index (χ4v) is 4.39. The van der Waals surface area contributed by atoms with Crippen molar-refractivity contribution in [1.82, 2.24) is 19.5 Å². The average Bonchev–Trinajstić information content (AvgIpc) is 2.67. The minimum atomic E-state index is -0.0207. The fraction of sp³-hybridized carbons (Fsp3) is 0.200. The highest BCUT2D eigenvalue weighted by molar-refractivity contribution is 9.10. The number of hydrogen-bond acceptors (Lipinski definition) is 5. The number of aromatic nitrogens is 4. The summed E-state index contributed by atoms with van der Waals surface area (Å²) in [5, 5.41) is 1.32. The van der Waals surface area contributed by atoms with Crippen molar-refractivity contribution in [2.24, 2.45) is 0 Å². The molecule has 136 valence electrons. The van der Waals surface area contributed by atoms with Gasteiger partial charge in [-0.25, -0.2) is 15.0 Å². The first-order chi connectivity index (χ1) is 13.1. The lowest BCUT2D eigenvalue weighted by Crippen LogP contribution is -2.22. The second-order valence-corrected chi connectivity index (χ2v) is 8.00. The highest BCUT2D eigenvalue weighted by Crippen LogP contribution is 2.24. The van der Waals surface area contributed by atoms with Crippen molar-refractivity contribution in [2.75, 3.05) is 0 Å². The summed E-state index contributed by atoms with van der Waals surface area (Å²) < 4.78 is 2.59. The summed E-state index contributed by atoms with van der Waals surface area (Å²) in [6, 6.07) is 13.4. The molecule has 0 aliphatic rings. The van der Waals surface area contributed by atoms with Crippen molar-refractivity contribution in [3.8, 4) is 0 Å². The van der Waals surface area contributed by atoms with E-state index < -0.39 is 0 Å². The van der Waals surface area contributed by atoms with Crippen LogP contribution in [0.15, 0.2) is 56.9 Å². The molecule has 0 saturated heterocycles. The molecule has 0 amide bonds. The Kier molecular flexibility index (Phi) is 4.97. The van der Waals surface area contributed by atoms with Crippen molar-refractivity contribution in [2.45, 2.75) is 31.3 Å². The highest BCUT2D eigenvalue weighted by Gasteiger charge is 2.13. The minimum Gasteiger partial charge on any atom is -0.287 e. The summed E-state index contributed by atoms with van der Waals surface area (Å²) in [5.74, 6) is 0.609. The van der Waals surface area contributed by atoms with E-state index in [2.05, 4.69) is 20.9 Å². The zero-order chi connectivity index (χ0) is 19.0. The molecule has 0 unspecified atom stereocenters. The van der Waals surface area contributed by atoms with Gasteiger partial charge in [0.2, 0.25) is 0 Å². The number of rotatable bonds is 4. The van der Waals surface area contributed by atoms with Crippen LogP contribution in [0.2, 0.25) is 0 Å². The molecule has 0 saturated carbocycles. The molecule has 5 nitrogen and oxygen atoms in total. The molecular formula is C20H17BrN4OS. The predicted molar refractivity (Wildman–Crippen MR) is 113 cm³/mol. The maximum atomic E-state index is 12.8. The minimum absolute atomic E-state index is 0.0207. The average molecular weight is 441 g/mol. The number of thioether (sulfide) groups is 1. The maximum absolute atomic E-state index is 12.8. The van der Waals surface area contributed by atoms with Gasteiger partial charge < -0.3 is 0 Å². The first-order valence-electron chi connectivity index (χ1n) is 8.62. The summed E-state index contributed by atoms with van der Waals surface area (Å²) >= 11 is 4.94. The quantitative estimate of drug-likeness (QED) is 0.339. The monoisotopic (exact) mass is 440 g/mol. The lowest BCUT2D eigenvalue weighted by Gasteiger charge is -2.12. The van der Waals surface area contributed by atoms with Crippen LogP contribution in [0.4, 0.5) is 0 Å². The lowest BCUT2D eigenvalue weighted by molar-refractivity contribution is 0.634. The Morgan fingerprint density at radius 1 is 1.04 bits per heavy atom. The summed E-state index contributed by atoms with van der Waals surface area (Å²) in [5.41, 5.74) is 4.26. The van der Waals surface area contributed by atoms with E-state index in [0.29, 0.717) is 28.4 Å². The number of hydrogen-bond donors (Lipinski definition) is 0. The number of para-hydroxylation sites is 2. The van der Waals surface area contributed by atoms with E-state index in [-0.39, 0.29) is 5.56 Å². The Hall–Kier alpha value is -2.25. The Morgan fingerprint density at radius 3 is 2.52 bits per heavy atom. The van der Waals surface area contributed by atoms with Gasteiger partial charge in [0.1, 0.15) is 0 Å². The summed E-state index contributed by atoms with van der Waals surface area (Å²) in [6.45, 7) is 4.49. The van der Waals surface area contributed by atoms with Crippen LogP contribution in [0.3, 0.4) is 0 Å². The van der Waals surface area contributed by atoms with Crippen LogP contribution in [-0.4, -0.2) is 19.5 Å². The Balaban J connectivity index is 1.72. The van der Waals surface area contributed by atoms with Crippen molar-refractivity contribution < 1.29 is 0 Å². The van der Waals surface area contributed by atoms with Gasteiger partial charge in [-0.05, 0) is 44.2 Å². The third-order valence-electron chi connectivity index (χ3n) is 4.38. The summed E-state index contributed by atoms with van der Waals surface area (Å²) in [7, 11) is 0. The summed E-state index contributed by atoms with van der Waals surface area (Å²) in [6.07, 6.45) is 0. The van der Waals surface area contributed by atoms with E-state index in [1.165, 1.54) is 11.8 Å². The largest absolute Gasteiger partial charge is 0.287 e. The van der Waals surface area contributed by atoms with E-state index in [4.69, 9.17) is 9.97 Å². The molecule has 2 aromatic carbocycles. The molecule has 2 heterocycles. The van der Waals surface area contributed by atoms with Crippen molar-refractivity contribution in [3.05, 3.63) is 68.7 Å². The highest BCUT2D eigenvalue weighted by atomic mass is 79.9. The lowest BCUT2D eigenvalue weighted by atomic mass is 10.2. The van der Waals surface area contributed by atoms with Gasteiger partial charge in [0.05, 0.1) is 33.3 Å². The van der Waals surface area contributed by atoms with Crippen LogP contribution < -0.4 is 5.56 Å². The van der Waals surface area contributed by atoms with Gasteiger partial charge >= 0.3 is 0 Å². The van der Waals surface area contributed by atoms with Crippen LogP contribution in [0, 0.1) is 6.92 Å². The van der Waals surface area contributed by atoms with Crippen LogP contribution >= 0.6 is 27.7 Å². The predicted octanol–water partition coefficient (Wildman–Crippen LogP) is 4.72. The second kappa shape index (κ2) is 7.40. The van der Waals surface area contributed by atoms with Gasteiger partial charge in [-0.2, -0.15) is 0 Å². The molecule has 0 radical (unpaired) electrons. The van der Waals surface area contributed by atoms with Gasteiger partial charge in [-0.3, -0.25) is 9.36 Å². The molecule has 0 atom stereocenters. The van der Waals surface area contributed by atoms with Crippen LogP contribution in [0.1, 0.15) is 18.3 Å². The van der Waals surface area contributed by atoms with Crippen molar-refractivity contribution >= 4 is 49.6 Å². The first-order valence-corrected chi connectivity index (χ1v) is 10.4. The Labute approximate surface area is 169 Å². The standard InChI is InChI=1S/C20H17BrN4OS/c1-3-25-19(26)14-10-13(21)8-9-15(14)24-20(25)27-11-18-12(2)22-16-6-4-5-7-17(16)23-18/h4-10H,3,11H2,1-2H3. The first kappa shape index (κ1) is 18.1. The second-order valence-electron chi connectivity index (χ2n) is 6.14. The number of halogens is 1. The van der Waals surface area contributed by atoms with Gasteiger partial charge in [0, 0.05) is 16.8 Å². The zero-order valence-electron chi connectivity index (χ0n) is 14.9. The third-order valence-corrected chi connectivity index (χ3v) is 5.86. The van der Waals surface area contributed by atoms with Crippen LogP contribution in [0.5, 0.6) is 0 Å². The maximum Gasteiger partial charge on any atom is 0.262 e. The molecule has 0 aliphatic heterocycles. The number of fused-ring (bicyclic) bond motifs is 2. The van der Waals surface area contributed by atoms with E-state index in [1.807, 2.05) is 56.3 Å². The topological polar surface area (TPSA) is 60.7 Å². The molecule has 0 spiro atoms. The fourth-order valence-electron chi connectivity index (χ4n) is 2.96. The molecule has 0 aliphatic carbocycles. The van der Waals surface area contributed by atoms with Gasteiger partial charge in [0.25, 0.3) is 5.56 Å². The van der Waals surface area contributed by atoms with E-state index in [0.717, 1.165) is 26.9 Å². The molecule has 2 aromatic heterocycles. The number of aryl methyl sites for hydroxylation is 1. The number of benzene rings is 2. The van der Waals surface area contributed by atoms with E-state index >= 15 is 0 Å². The van der Waals surface area contributed by atoms with Gasteiger partial charge in [-0.15, -0.1) is 0 Å². The molecule has 4 aromatic rings. The Bertz CT molecular complexity index is 1220. The molecule has 0 fully saturated rings.